The van der Waals surface area contributed by atoms with Crippen LogP contribution in [0, 0.1) is 0 Å². The van der Waals surface area contributed by atoms with Gasteiger partial charge in [-0.05, 0) is 50.7 Å². The van der Waals surface area contributed by atoms with Crippen LogP contribution in [0.25, 0.3) is 0 Å². The van der Waals surface area contributed by atoms with Crippen LogP contribution in [0.5, 0.6) is 0 Å². The van der Waals surface area contributed by atoms with E-state index < -0.39 is 11.9 Å². The average molecular weight is 773 g/mol. The Morgan fingerprint density at radius 3 is 1.05 bits per heavy atom. The number of benzene rings is 1. The van der Waals surface area contributed by atoms with Gasteiger partial charge in [-0.2, -0.15) is 0 Å². The van der Waals surface area contributed by atoms with Crippen LogP contribution >= 0.6 is 0 Å². The minimum absolute atomic E-state index is 0.132. The van der Waals surface area contributed by atoms with Gasteiger partial charge >= 0.3 is 17.9 Å². The van der Waals surface area contributed by atoms with E-state index in [2.05, 4.69) is 27.7 Å². The van der Waals surface area contributed by atoms with E-state index in [1.807, 2.05) is 0 Å². The number of unbranched alkanes of at least 4 members (excludes halogenated alkanes) is 18. The molecule has 0 atom stereocenters. The van der Waals surface area contributed by atoms with E-state index >= 15 is 0 Å². The van der Waals surface area contributed by atoms with Crippen LogP contribution in [0.4, 0.5) is 0 Å². The summed E-state index contributed by atoms with van der Waals surface area (Å²) in [6.45, 7) is 11.2. The minimum Gasteiger partial charge on any atom is -0.463 e. The Kier molecular flexibility index (Phi) is 39.5. The lowest BCUT2D eigenvalue weighted by atomic mass is 9.98. The predicted molar refractivity (Wildman–Crippen MR) is 233 cm³/mol. The van der Waals surface area contributed by atoms with E-state index in [0.29, 0.717) is 24.3 Å². The molecule has 0 spiro atoms. The molecule has 0 aromatic heterocycles. The molecule has 320 valence electrons. The third-order valence-electron chi connectivity index (χ3n) is 10.4. The third-order valence-corrected chi connectivity index (χ3v) is 10.4. The second-order valence-corrected chi connectivity index (χ2v) is 15.8. The molecule has 2 aliphatic carbocycles. The summed E-state index contributed by atoms with van der Waals surface area (Å²) < 4.78 is 15.8. The van der Waals surface area contributed by atoms with Gasteiger partial charge in [0.25, 0.3) is 0 Å². The zero-order valence-electron chi connectivity index (χ0n) is 36.9. The summed E-state index contributed by atoms with van der Waals surface area (Å²) in [5.41, 5.74) is 0.586. The molecule has 3 rings (SSSR count). The molecular formula is C49H88O6. The Labute approximate surface area is 340 Å². The van der Waals surface area contributed by atoms with Crippen molar-refractivity contribution in [3.05, 3.63) is 35.4 Å². The molecule has 6 nitrogen and oxygen atoms in total. The first-order valence-electron chi connectivity index (χ1n) is 23.5. The second kappa shape index (κ2) is 41.3. The monoisotopic (exact) mass is 773 g/mol. The summed E-state index contributed by atoms with van der Waals surface area (Å²) in [5.74, 6) is -1.02. The van der Waals surface area contributed by atoms with Crippen molar-refractivity contribution in [3.63, 3.8) is 0 Å². The molecule has 55 heavy (non-hydrogen) atoms. The fourth-order valence-corrected chi connectivity index (χ4v) is 6.95. The lowest BCUT2D eigenvalue weighted by Crippen LogP contribution is -2.18. The maximum Gasteiger partial charge on any atom is 0.339 e. The Morgan fingerprint density at radius 1 is 0.455 bits per heavy atom. The SMILES string of the molecule is C1CCCCC1.CC(=O)OC1CCCCC1.CCCCCCCCCCC.CCCCCCCCOC(=O)c1ccccc1C(=O)OCCCCCCCC. The summed E-state index contributed by atoms with van der Waals surface area (Å²) in [5, 5.41) is 0. The first-order valence-corrected chi connectivity index (χ1v) is 23.5. The van der Waals surface area contributed by atoms with Crippen molar-refractivity contribution >= 4 is 17.9 Å². The molecule has 2 fully saturated rings. The fraction of sp³-hybridized carbons (Fsp3) is 0.816. The van der Waals surface area contributed by atoms with Gasteiger partial charge < -0.3 is 14.2 Å². The maximum absolute atomic E-state index is 12.4. The number of carbonyl (C=O) groups is 3. The van der Waals surface area contributed by atoms with E-state index in [1.165, 1.54) is 174 Å². The highest BCUT2D eigenvalue weighted by Gasteiger charge is 2.19. The van der Waals surface area contributed by atoms with E-state index in [0.717, 1.165) is 38.5 Å². The van der Waals surface area contributed by atoms with E-state index in [4.69, 9.17) is 14.2 Å². The molecular weight excluding hydrogens is 685 g/mol. The first-order chi connectivity index (χ1) is 26.9. The first kappa shape index (κ1) is 52.6. The van der Waals surface area contributed by atoms with Crippen molar-refractivity contribution in [2.24, 2.45) is 0 Å². The summed E-state index contributed by atoms with van der Waals surface area (Å²) in [4.78, 5) is 35.2. The molecule has 1 aromatic rings. The van der Waals surface area contributed by atoms with Gasteiger partial charge in [0.15, 0.2) is 0 Å². The Morgan fingerprint density at radius 2 is 0.745 bits per heavy atom. The van der Waals surface area contributed by atoms with Gasteiger partial charge in [-0.15, -0.1) is 0 Å². The van der Waals surface area contributed by atoms with Gasteiger partial charge in [0.1, 0.15) is 6.10 Å². The number of esters is 3. The molecule has 1 aromatic carbocycles. The highest BCUT2D eigenvalue weighted by atomic mass is 16.5. The summed E-state index contributed by atoms with van der Waals surface area (Å²) in [6.07, 6.45) is 41.7. The molecule has 6 heteroatoms. The van der Waals surface area contributed by atoms with Crippen molar-refractivity contribution in [1.82, 2.24) is 0 Å². The minimum atomic E-state index is -0.444. The lowest BCUT2D eigenvalue weighted by molar-refractivity contribution is -0.147. The molecule has 0 bridgehead atoms. The van der Waals surface area contributed by atoms with Crippen molar-refractivity contribution in [3.8, 4) is 0 Å². The molecule has 2 aliphatic rings. The summed E-state index contributed by atoms with van der Waals surface area (Å²) in [6, 6.07) is 6.74. The second-order valence-electron chi connectivity index (χ2n) is 15.8. The Hall–Kier alpha value is -2.37. The molecule has 0 saturated heterocycles. The summed E-state index contributed by atoms with van der Waals surface area (Å²) in [7, 11) is 0. The number of carbonyl (C=O) groups excluding carboxylic acids is 3. The third kappa shape index (κ3) is 34.6. The highest BCUT2D eigenvalue weighted by molar-refractivity contribution is 6.03. The zero-order valence-corrected chi connectivity index (χ0v) is 36.9. The molecule has 0 heterocycles. The quantitative estimate of drug-likeness (QED) is 0.0559. The standard InChI is InChI=1S/C24H38O4.C11H24.C8H14O2.C6H12/c1-3-5-7-9-11-15-19-27-23(25)21-17-13-14-18-22(21)24(26)28-20-16-12-10-8-6-4-2;1-3-5-7-9-11-10-8-6-4-2;1-7(9)10-8-5-3-2-4-6-8;1-2-4-6-5-3-1/h13-14,17-18H,3-12,15-16,19-20H2,1-2H3;3-11H2,1-2H3;8H,2-6H2,1H3;1-6H2. The van der Waals surface area contributed by atoms with Crippen molar-refractivity contribution in [1.29, 1.82) is 0 Å². The zero-order chi connectivity index (χ0) is 40.5. The highest BCUT2D eigenvalue weighted by Crippen LogP contribution is 2.20. The molecule has 2 saturated carbocycles. The number of hydrogen-bond donors (Lipinski definition) is 0. The van der Waals surface area contributed by atoms with Gasteiger partial charge in [0, 0.05) is 6.92 Å². The summed E-state index contributed by atoms with van der Waals surface area (Å²) >= 11 is 0. The van der Waals surface area contributed by atoms with E-state index in [-0.39, 0.29) is 12.1 Å². The number of rotatable bonds is 25. The van der Waals surface area contributed by atoms with Crippen LogP contribution in [0.2, 0.25) is 0 Å². The lowest BCUT2D eigenvalue weighted by Gasteiger charge is -2.20. The largest absolute Gasteiger partial charge is 0.463 e. The van der Waals surface area contributed by atoms with Crippen molar-refractivity contribution < 1.29 is 28.6 Å². The predicted octanol–water partition coefficient (Wildman–Crippen LogP) is 15.5. The van der Waals surface area contributed by atoms with Crippen molar-refractivity contribution in [2.75, 3.05) is 13.2 Å². The van der Waals surface area contributed by atoms with Gasteiger partial charge in [-0.25, -0.2) is 9.59 Å². The normalized spacial score (nSPS) is 13.8. The number of ether oxygens (including phenoxy) is 3. The van der Waals surface area contributed by atoms with Gasteiger partial charge in [0.05, 0.1) is 24.3 Å². The van der Waals surface area contributed by atoms with Crippen LogP contribution in [-0.2, 0) is 19.0 Å². The Balaban J connectivity index is 0.000000869. The van der Waals surface area contributed by atoms with Crippen LogP contribution in [0.15, 0.2) is 24.3 Å². The van der Waals surface area contributed by atoms with Gasteiger partial charge in [0.2, 0.25) is 0 Å². The fourth-order valence-electron chi connectivity index (χ4n) is 6.95. The molecule has 0 unspecified atom stereocenters. The van der Waals surface area contributed by atoms with Crippen LogP contribution in [0.1, 0.15) is 261 Å². The van der Waals surface area contributed by atoms with E-state index in [9.17, 15) is 14.4 Å². The average Bonchev–Trinajstić information content (AvgIpc) is 3.21. The van der Waals surface area contributed by atoms with E-state index in [1.54, 1.807) is 24.3 Å². The molecule has 0 aliphatic heterocycles. The van der Waals surface area contributed by atoms with Gasteiger partial charge in [-0.3, -0.25) is 4.79 Å². The van der Waals surface area contributed by atoms with Gasteiger partial charge in [-0.1, -0.05) is 207 Å². The maximum atomic E-state index is 12.4. The Bertz CT molecular complexity index is 928. The van der Waals surface area contributed by atoms with Crippen LogP contribution in [-0.4, -0.2) is 37.2 Å². The molecule has 0 radical (unpaired) electrons. The molecule has 0 amide bonds. The smallest absolute Gasteiger partial charge is 0.339 e. The molecule has 0 N–H and O–H groups in total. The topological polar surface area (TPSA) is 78.9 Å². The number of hydrogen-bond acceptors (Lipinski definition) is 6. The van der Waals surface area contributed by atoms with Crippen LogP contribution < -0.4 is 0 Å². The van der Waals surface area contributed by atoms with Crippen molar-refractivity contribution in [2.45, 2.75) is 246 Å². The van der Waals surface area contributed by atoms with Crippen LogP contribution in [0.3, 0.4) is 0 Å².